The molecule has 84 valence electrons. The third-order valence-electron chi connectivity index (χ3n) is 1.66. The number of hydrogen-bond donors (Lipinski definition) is 2. The van der Waals surface area contributed by atoms with Crippen LogP contribution in [0.1, 0.15) is 15.9 Å². The van der Waals surface area contributed by atoms with Crippen LogP contribution in [-0.2, 0) is 0 Å². The highest BCUT2D eigenvalue weighted by Gasteiger charge is 2.16. The maximum Gasteiger partial charge on any atom is 0.387 e. The lowest BCUT2D eigenvalue weighted by molar-refractivity contribution is -0.0501. The predicted molar refractivity (Wildman–Crippen MR) is 52.0 cm³/mol. The molecule has 1 aromatic carbocycles. The van der Waals surface area contributed by atoms with Gasteiger partial charge in [0.2, 0.25) is 0 Å². The SMILES string of the molecule is N#Cc1cc(S)c(C(=O)O)cc1OC(F)F. The van der Waals surface area contributed by atoms with E-state index in [1.165, 1.54) is 0 Å². The van der Waals surface area contributed by atoms with Crippen molar-refractivity contribution >= 4 is 18.6 Å². The van der Waals surface area contributed by atoms with E-state index in [4.69, 9.17) is 10.4 Å². The van der Waals surface area contributed by atoms with Crippen LogP contribution < -0.4 is 4.74 Å². The zero-order chi connectivity index (χ0) is 12.3. The molecule has 0 radical (unpaired) electrons. The quantitative estimate of drug-likeness (QED) is 0.800. The molecule has 0 heterocycles. The van der Waals surface area contributed by atoms with Gasteiger partial charge in [-0.3, -0.25) is 0 Å². The summed E-state index contributed by atoms with van der Waals surface area (Å²) in [7, 11) is 0. The Hall–Kier alpha value is -1.81. The second kappa shape index (κ2) is 4.81. The number of nitrogens with zero attached hydrogens (tertiary/aromatic N) is 1. The Morgan fingerprint density at radius 3 is 2.62 bits per heavy atom. The standard InChI is InChI=1S/C9H5F2NO3S/c10-9(11)15-6-2-5(8(13)14)7(16)1-4(6)3-12/h1-2,9,16H,(H,13,14). The summed E-state index contributed by atoms with van der Waals surface area (Å²) in [6.07, 6.45) is 0. The number of carbonyl (C=O) groups is 1. The molecule has 16 heavy (non-hydrogen) atoms. The summed E-state index contributed by atoms with van der Waals surface area (Å²) < 4.78 is 28.0. The number of nitriles is 1. The van der Waals surface area contributed by atoms with Crippen molar-refractivity contribution in [2.45, 2.75) is 11.5 Å². The molecule has 0 aliphatic heterocycles. The van der Waals surface area contributed by atoms with Gasteiger partial charge < -0.3 is 9.84 Å². The first-order valence-corrected chi connectivity index (χ1v) is 4.35. The van der Waals surface area contributed by atoms with Gasteiger partial charge in [-0.1, -0.05) is 0 Å². The molecule has 1 N–H and O–H groups in total. The zero-order valence-corrected chi connectivity index (χ0v) is 8.54. The van der Waals surface area contributed by atoms with E-state index in [-0.39, 0.29) is 16.0 Å². The smallest absolute Gasteiger partial charge is 0.387 e. The van der Waals surface area contributed by atoms with E-state index in [0.717, 1.165) is 12.1 Å². The Balaban J connectivity index is 3.30. The Morgan fingerprint density at radius 2 is 2.19 bits per heavy atom. The lowest BCUT2D eigenvalue weighted by Crippen LogP contribution is -2.06. The van der Waals surface area contributed by atoms with Crippen LogP contribution in [0, 0.1) is 11.3 Å². The van der Waals surface area contributed by atoms with E-state index in [0.29, 0.717) is 0 Å². The summed E-state index contributed by atoms with van der Waals surface area (Å²) in [5, 5.41) is 17.3. The number of benzene rings is 1. The fourth-order valence-electron chi connectivity index (χ4n) is 1.02. The molecular formula is C9H5F2NO3S. The molecule has 0 spiro atoms. The van der Waals surface area contributed by atoms with Crippen LogP contribution in [0.5, 0.6) is 5.75 Å². The van der Waals surface area contributed by atoms with E-state index in [2.05, 4.69) is 17.4 Å². The lowest BCUT2D eigenvalue weighted by atomic mass is 10.1. The first kappa shape index (κ1) is 12.3. The van der Waals surface area contributed by atoms with Gasteiger partial charge in [0.05, 0.1) is 11.1 Å². The summed E-state index contributed by atoms with van der Waals surface area (Å²) in [5.41, 5.74) is -0.506. The molecular weight excluding hydrogens is 240 g/mol. The number of alkyl halides is 2. The van der Waals surface area contributed by atoms with Crippen molar-refractivity contribution in [3.8, 4) is 11.8 Å². The van der Waals surface area contributed by atoms with Crippen molar-refractivity contribution < 1.29 is 23.4 Å². The number of halogens is 2. The molecule has 7 heteroatoms. The van der Waals surface area contributed by atoms with Crippen LogP contribution in [0.2, 0.25) is 0 Å². The highest BCUT2D eigenvalue weighted by atomic mass is 32.1. The van der Waals surface area contributed by atoms with E-state index in [1.807, 2.05) is 0 Å². The average molecular weight is 245 g/mol. The van der Waals surface area contributed by atoms with Crippen molar-refractivity contribution in [2.24, 2.45) is 0 Å². The van der Waals surface area contributed by atoms with Crippen molar-refractivity contribution in [1.82, 2.24) is 0 Å². The second-order valence-corrected chi connectivity index (χ2v) is 3.14. The molecule has 1 rings (SSSR count). The van der Waals surface area contributed by atoms with Crippen molar-refractivity contribution in [2.75, 3.05) is 0 Å². The van der Waals surface area contributed by atoms with Gasteiger partial charge in [-0.15, -0.1) is 12.6 Å². The Bertz CT molecular complexity index is 471. The van der Waals surface area contributed by atoms with Gasteiger partial charge >= 0.3 is 12.6 Å². The number of ether oxygens (including phenoxy) is 1. The van der Waals surface area contributed by atoms with Gasteiger partial charge in [-0.25, -0.2) is 4.79 Å². The third kappa shape index (κ3) is 2.61. The molecule has 0 amide bonds. The van der Waals surface area contributed by atoms with Crippen LogP contribution >= 0.6 is 12.6 Å². The van der Waals surface area contributed by atoms with Gasteiger partial charge in [0.1, 0.15) is 11.8 Å². The van der Waals surface area contributed by atoms with Gasteiger partial charge in [0, 0.05) is 4.90 Å². The number of thiol groups is 1. The minimum Gasteiger partial charge on any atom is -0.478 e. The number of carboxylic acids is 1. The van der Waals surface area contributed by atoms with Gasteiger partial charge in [0.15, 0.2) is 0 Å². The first-order valence-electron chi connectivity index (χ1n) is 3.91. The van der Waals surface area contributed by atoms with Crippen LogP contribution in [-0.4, -0.2) is 17.7 Å². The van der Waals surface area contributed by atoms with Crippen molar-refractivity contribution in [1.29, 1.82) is 5.26 Å². The highest BCUT2D eigenvalue weighted by molar-refractivity contribution is 7.80. The maximum absolute atomic E-state index is 12.0. The largest absolute Gasteiger partial charge is 0.478 e. The summed E-state index contributed by atoms with van der Waals surface area (Å²) in [4.78, 5) is 10.7. The molecule has 0 aliphatic rings. The minimum absolute atomic E-state index is 0.00525. The minimum atomic E-state index is -3.13. The summed E-state index contributed by atoms with van der Waals surface area (Å²) in [5.74, 6) is -1.82. The average Bonchev–Trinajstić information content (AvgIpc) is 2.18. The maximum atomic E-state index is 12.0. The van der Waals surface area contributed by atoms with Crippen molar-refractivity contribution in [3.05, 3.63) is 23.3 Å². The molecule has 4 nitrogen and oxygen atoms in total. The molecule has 0 atom stereocenters. The lowest BCUT2D eigenvalue weighted by Gasteiger charge is -2.08. The summed E-state index contributed by atoms with van der Waals surface area (Å²) in [6.45, 7) is -3.13. The third-order valence-corrected chi connectivity index (χ3v) is 2.03. The molecule has 0 saturated carbocycles. The van der Waals surface area contributed by atoms with Gasteiger partial charge in [-0.2, -0.15) is 14.0 Å². The van der Waals surface area contributed by atoms with Crippen LogP contribution in [0.4, 0.5) is 8.78 Å². The highest BCUT2D eigenvalue weighted by Crippen LogP contribution is 2.26. The van der Waals surface area contributed by atoms with Crippen molar-refractivity contribution in [3.63, 3.8) is 0 Å². The fourth-order valence-corrected chi connectivity index (χ4v) is 1.31. The molecule has 0 fully saturated rings. The normalized spacial score (nSPS) is 9.94. The fraction of sp³-hybridized carbons (Fsp3) is 0.111. The Labute approximate surface area is 94.5 Å². The van der Waals surface area contributed by atoms with E-state index in [1.54, 1.807) is 6.07 Å². The first-order chi connectivity index (χ1) is 7.45. The van der Waals surface area contributed by atoms with Crippen LogP contribution in [0.3, 0.4) is 0 Å². The number of aromatic carboxylic acids is 1. The summed E-state index contributed by atoms with van der Waals surface area (Å²) in [6, 6.07) is 3.51. The molecule has 0 unspecified atom stereocenters. The summed E-state index contributed by atoms with van der Waals surface area (Å²) >= 11 is 3.82. The second-order valence-electron chi connectivity index (χ2n) is 2.66. The predicted octanol–water partition coefficient (Wildman–Crippen LogP) is 2.15. The monoisotopic (exact) mass is 245 g/mol. The molecule has 0 saturated heterocycles. The van der Waals surface area contributed by atoms with Crippen LogP contribution in [0.25, 0.3) is 0 Å². The number of rotatable bonds is 3. The van der Waals surface area contributed by atoms with E-state index >= 15 is 0 Å². The van der Waals surface area contributed by atoms with Gasteiger partial charge in [0.25, 0.3) is 0 Å². The van der Waals surface area contributed by atoms with E-state index in [9.17, 15) is 13.6 Å². The molecule has 1 aromatic rings. The zero-order valence-electron chi connectivity index (χ0n) is 7.65. The van der Waals surface area contributed by atoms with Crippen LogP contribution in [0.15, 0.2) is 17.0 Å². The Kier molecular flexibility index (Phi) is 3.68. The van der Waals surface area contributed by atoms with E-state index < -0.39 is 18.3 Å². The van der Waals surface area contributed by atoms with Gasteiger partial charge in [-0.05, 0) is 12.1 Å². The molecule has 0 aromatic heterocycles. The molecule has 0 aliphatic carbocycles. The number of hydrogen-bond acceptors (Lipinski definition) is 4. The number of carboxylic acid groups (broad SMARTS) is 1. The molecule has 0 bridgehead atoms. The Morgan fingerprint density at radius 1 is 1.56 bits per heavy atom. The topological polar surface area (TPSA) is 70.3 Å².